The van der Waals surface area contributed by atoms with Crippen molar-refractivity contribution in [3.05, 3.63) is 48.0 Å². The van der Waals surface area contributed by atoms with Crippen molar-refractivity contribution in [2.75, 3.05) is 12.8 Å². The Morgan fingerprint density at radius 3 is 2.42 bits per heavy atom. The van der Waals surface area contributed by atoms with Gasteiger partial charge in [0.05, 0.1) is 12.8 Å². The molecule has 0 bridgehead atoms. The van der Waals surface area contributed by atoms with Gasteiger partial charge in [0, 0.05) is 11.6 Å². The first-order chi connectivity index (χ1) is 9.10. The van der Waals surface area contributed by atoms with E-state index in [1.807, 2.05) is 6.07 Å². The normalized spacial score (nSPS) is 9.95. The van der Waals surface area contributed by atoms with Gasteiger partial charge in [0.15, 0.2) is 0 Å². The minimum atomic E-state index is -0.551. The Kier molecular flexibility index (Phi) is 3.56. The molecular formula is C14H14N2O3. The molecule has 2 aromatic rings. The Morgan fingerprint density at radius 2 is 1.79 bits per heavy atom. The lowest BCUT2D eigenvalue weighted by Gasteiger charge is -2.10. The topological polar surface area (TPSA) is 87.6 Å². The molecule has 98 valence electrons. The zero-order valence-electron chi connectivity index (χ0n) is 10.4. The van der Waals surface area contributed by atoms with Gasteiger partial charge in [0.2, 0.25) is 5.91 Å². The number of carbonyl (C=O) groups is 1. The first kappa shape index (κ1) is 12.8. The molecule has 4 N–H and O–H groups in total. The highest BCUT2D eigenvalue weighted by Gasteiger charge is 2.08. The number of anilines is 1. The van der Waals surface area contributed by atoms with Crippen LogP contribution in [0.15, 0.2) is 42.5 Å². The summed E-state index contributed by atoms with van der Waals surface area (Å²) in [5.41, 5.74) is 11.9. The predicted molar refractivity (Wildman–Crippen MR) is 72.4 cm³/mol. The van der Waals surface area contributed by atoms with E-state index in [4.69, 9.17) is 20.9 Å². The van der Waals surface area contributed by atoms with Crippen LogP contribution in [-0.4, -0.2) is 13.0 Å². The number of hydrogen-bond donors (Lipinski definition) is 2. The maximum atomic E-state index is 11.2. The maximum Gasteiger partial charge on any atom is 0.248 e. The average molecular weight is 258 g/mol. The number of rotatable bonds is 4. The molecule has 0 radical (unpaired) electrons. The summed E-state index contributed by atoms with van der Waals surface area (Å²) in [6.45, 7) is 0. The van der Waals surface area contributed by atoms with E-state index in [1.165, 1.54) is 13.2 Å². The zero-order valence-corrected chi connectivity index (χ0v) is 10.4. The summed E-state index contributed by atoms with van der Waals surface area (Å²) in [6.07, 6.45) is 0. The van der Waals surface area contributed by atoms with Gasteiger partial charge in [-0.3, -0.25) is 4.79 Å². The van der Waals surface area contributed by atoms with Gasteiger partial charge in [-0.25, -0.2) is 0 Å². The van der Waals surface area contributed by atoms with Crippen molar-refractivity contribution in [3.63, 3.8) is 0 Å². The Bertz CT molecular complexity index is 611. The summed E-state index contributed by atoms with van der Waals surface area (Å²) in [7, 11) is 1.50. The lowest BCUT2D eigenvalue weighted by molar-refractivity contribution is 0.0999. The standard InChI is InChI=1S/C14H14N2O3/c1-18-10-6-9(14(16)17)7-11(8-10)19-13-5-3-2-4-12(13)15/h2-8H,15H2,1H3,(H2,16,17). The molecule has 1 amide bonds. The molecule has 0 aromatic heterocycles. The van der Waals surface area contributed by atoms with Gasteiger partial charge >= 0.3 is 0 Å². The fraction of sp³-hybridized carbons (Fsp3) is 0.0714. The molecule has 0 saturated heterocycles. The number of benzene rings is 2. The van der Waals surface area contributed by atoms with Crippen LogP contribution in [0.25, 0.3) is 0 Å². The molecule has 5 heteroatoms. The van der Waals surface area contributed by atoms with E-state index in [9.17, 15) is 4.79 Å². The van der Waals surface area contributed by atoms with Crippen molar-refractivity contribution < 1.29 is 14.3 Å². The van der Waals surface area contributed by atoms with Gasteiger partial charge in [0.1, 0.15) is 17.2 Å². The Balaban J connectivity index is 2.37. The van der Waals surface area contributed by atoms with E-state index in [2.05, 4.69) is 0 Å². The van der Waals surface area contributed by atoms with Gasteiger partial charge in [-0.15, -0.1) is 0 Å². The van der Waals surface area contributed by atoms with Gasteiger partial charge in [-0.2, -0.15) is 0 Å². The third-order valence-corrected chi connectivity index (χ3v) is 2.55. The van der Waals surface area contributed by atoms with Gasteiger partial charge in [0.25, 0.3) is 0 Å². The van der Waals surface area contributed by atoms with Crippen molar-refractivity contribution in [2.45, 2.75) is 0 Å². The summed E-state index contributed by atoms with van der Waals surface area (Å²) in [6, 6.07) is 11.8. The molecule has 5 nitrogen and oxygen atoms in total. The molecule has 0 saturated carbocycles. The number of methoxy groups -OCH3 is 1. The highest BCUT2D eigenvalue weighted by Crippen LogP contribution is 2.30. The van der Waals surface area contributed by atoms with Crippen LogP contribution in [0.1, 0.15) is 10.4 Å². The smallest absolute Gasteiger partial charge is 0.248 e. The molecule has 0 aliphatic heterocycles. The van der Waals surface area contributed by atoms with Crippen LogP contribution in [0.3, 0.4) is 0 Å². The zero-order chi connectivity index (χ0) is 13.8. The van der Waals surface area contributed by atoms with Crippen LogP contribution in [0.2, 0.25) is 0 Å². The van der Waals surface area contributed by atoms with Crippen molar-refractivity contribution in [3.8, 4) is 17.2 Å². The highest BCUT2D eigenvalue weighted by molar-refractivity contribution is 5.93. The predicted octanol–water partition coefficient (Wildman–Crippen LogP) is 2.17. The van der Waals surface area contributed by atoms with E-state index in [0.717, 1.165) is 0 Å². The summed E-state index contributed by atoms with van der Waals surface area (Å²) in [5.74, 6) is 0.878. The monoisotopic (exact) mass is 258 g/mol. The SMILES string of the molecule is COc1cc(Oc2ccccc2N)cc(C(N)=O)c1. The van der Waals surface area contributed by atoms with Crippen molar-refractivity contribution in [1.82, 2.24) is 0 Å². The molecule has 0 unspecified atom stereocenters. The molecule has 0 atom stereocenters. The van der Waals surface area contributed by atoms with Crippen molar-refractivity contribution >= 4 is 11.6 Å². The Morgan fingerprint density at radius 1 is 1.11 bits per heavy atom. The first-order valence-corrected chi connectivity index (χ1v) is 5.61. The largest absolute Gasteiger partial charge is 0.497 e. The summed E-state index contributed by atoms with van der Waals surface area (Å²) in [5, 5.41) is 0. The summed E-state index contributed by atoms with van der Waals surface area (Å²) < 4.78 is 10.7. The van der Waals surface area contributed by atoms with Crippen molar-refractivity contribution in [2.24, 2.45) is 5.73 Å². The van der Waals surface area contributed by atoms with E-state index in [-0.39, 0.29) is 0 Å². The van der Waals surface area contributed by atoms with Gasteiger partial charge in [-0.1, -0.05) is 12.1 Å². The minimum absolute atomic E-state index is 0.309. The molecule has 0 fully saturated rings. The lowest BCUT2D eigenvalue weighted by atomic mass is 10.2. The number of nitrogens with two attached hydrogens (primary N) is 2. The fourth-order valence-electron chi connectivity index (χ4n) is 1.59. The van der Waals surface area contributed by atoms with E-state index < -0.39 is 5.91 Å². The van der Waals surface area contributed by atoms with E-state index in [1.54, 1.807) is 30.3 Å². The van der Waals surface area contributed by atoms with Gasteiger partial charge < -0.3 is 20.9 Å². The number of para-hydroxylation sites is 2. The molecule has 2 rings (SSSR count). The quantitative estimate of drug-likeness (QED) is 0.823. The molecule has 0 spiro atoms. The number of primary amides is 1. The van der Waals surface area contributed by atoms with Crippen LogP contribution in [-0.2, 0) is 0 Å². The third-order valence-electron chi connectivity index (χ3n) is 2.55. The lowest BCUT2D eigenvalue weighted by Crippen LogP contribution is -2.11. The molecule has 0 aliphatic carbocycles. The maximum absolute atomic E-state index is 11.2. The van der Waals surface area contributed by atoms with Gasteiger partial charge in [-0.05, 0) is 24.3 Å². The van der Waals surface area contributed by atoms with Crippen molar-refractivity contribution in [1.29, 1.82) is 0 Å². The van der Waals surface area contributed by atoms with Crippen LogP contribution in [0.5, 0.6) is 17.2 Å². The van der Waals surface area contributed by atoms with Crippen LogP contribution in [0, 0.1) is 0 Å². The number of ether oxygens (including phenoxy) is 2. The number of carbonyl (C=O) groups excluding carboxylic acids is 1. The molecule has 2 aromatic carbocycles. The number of nitrogen functional groups attached to an aromatic ring is 1. The summed E-state index contributed by atoms with van der Waals surface area (Å²) in [4.78, 5) is 11.2. The average Bonchev–Trinajstić information content (AvgIpc) is 2.41. The van der Waals surface area contributed by atoms with Crippen LogP contribution in [0.4, 0.5) is 5.69 Å². The molecule has 0 heterocycles. The summed E-state index contributed by atoms with van der Waals surface area (Å²) >= 11 is 0. The molecular weight excluding hydrogens is 244 g/mol. The van der Waals surface area contributed by atoms with E-state index in [0.29, 0.717) is 28.5 Å². The first-order valence-electron chi connectivity index (χ1n) is 5.61. The molecule has 19 heavy (non-hydrogen) atoms. The second-order valence-corrected chi connectivity index (χ2v) is 3.90. The molecule has 0 aliphatic rings. The third kappa shape index (κ3) is 2.95. The second kappa shape index (κ2) is 5.30. The Hall–Kier alpha value is -2.69. The van der Waals surface area contributed by atoms with Crippen LogP contribution >= 0.6 is 0 Å². The number of amides is 1. The second-order valence-electron chi connectivity index (χ2n) is 3.90. The number of hydrogen-bond acceptors (Lipinski definition) is 4. The Labute approximate surface area is 110 Å². The van der Waals surface area contributed by atoms with E-state index >= 15 is 0 Å². The van der Waals surface area contributed by atoms with Crippen LogP contribution < -0.4 is 20.9 Å². The fourth-order valence-corrected chi connectivity index (χ4v) is 1.59. The highest BCUT2D eigenvalue weighted by atomic mass is 16.5. The minimum Gasteiger partial charge on any atom is -0.497 e.